The van der Waals surface area contributed by atoms with Gasteiger partial charge in [-0.3, -0.25) is 4.79 Å². The maximum Gasteiger partial charge on any atom is 0.245 e. The van der Waals surface area contributed by atoms with E-state index in [0.717, 1.165) is 16.7 Å². The van der Waals surface area contributed by atoms with Gasteiger partial charge in [0.1, 0.15) is 12.1 Å². The molecule has 1 aromatic carbocycles. The van der Waals surface area contributed by atoms with Crippen LogP contribution >= 0.6 is 0 Å². The molecule has 5 nitrogen and oxygen atoms in total. The van der Waals surface area contributed by atoms with E-state index in [9.17, 15) is 4.79 Å². The first-order valence-corrected chi connectivity index (χ1v) is 6.17. The third-order valence-electron chi connectivity index (χ3n) is 3.15. The van der Waals surface area contributed by atoms with Crippen molar-refractivity contribution >= 4 is 17.0 Å². The zero-order valence-corrected chi connectivity index (χ0v) is 11.4. The van der Waals surface area contributed by atoms with E-state index in [1.165, 1.54) is 0 Å². The van der Waals surface area contributed by atoms with Gasteiger partial charge in [0.15, 0.2) is 11.5 Å². The van der Waals surface area contributed by atoms with E-state index >= 15 is 0 Å². The van der Waals surface area contributed by atoms with Crippen LogP contribution in [0.3, 0.4) is 0 Å². The van der Waals surface area contributed by atoms with Crippen LogP contribution in [0.1, 0.15) is 25.3 Å². The van der Waals surface area contributed by atoms with Crippen molar-refractivity contribution in [2.75, 3.05) is 13.2 Å². The summed E-state index contributed by atoms with van der Waals surface area (Å²) >= 11 is 0. The van der Waals surface area contributed by atoms with Crippen LogP contribution in [0, 0.1) is 6.92 Å². The fourth-order valence-corrected chi connectivity index (χ4v) is 1.94. The number of benzene rings is 1. The molecule has 1 heterocycles. The summed E-state index contributed by atoms with van der Waals surface area (Å²) < 4.78 is 5.44. The summed E-state index contributed by atoms with van der Waals surface area (Å²) in [6.07, 6.45) is 0. The predicted molar refractivity (Wildman–Crippen MR) is 71.9 cm³/mol. The Morgan fingerprint density at radius 1 is 1.47 bits per heavy atom. The van der Waals surface area contributed by atoms with E-state index in [1.54, 1.807) is 0 Å². The van der Waals surface area contributed by atoms with Gasteiger partial charge in [-0.25, -0.2) is 4.98 Å². The first kappa shape index (κ1) is 13.5. The van der Waals surface area contributed by atoms with Gasteiger partial charge in [0, 0.05) is 18.9 Å². The van der Waals surface area contributed by atoms with Crippen LogP contribution in [-0.2, 0) is 10.2 Å². The molecule has 102 valence electrons. The third-order valence-corrected chi connectivity index (χ3v) is 3.15. The molecule has 1 aromatic heterocycles. The number of fused-ring (bicyclic) bond motifs is 1. The molecule has 2 aromatic rings. The molecule has 0 aliphatic rings. The maximum absolute atomic E-state index is 11.1. The zero-order valence-electron chi connectivity index (χ0n) is 11.4. The first-order valence-electron chi connectivity index (χ1n) is 6.17. The smallest absolute Gasteiger partial charge is 0.245 e. The van der Waals surface area contributed by atoms with Crippen molar-refractivity contribution in [3.8, 4) is 0 Å². The van der Waals surface area contributed by atoms with Crippen molar-refractivity contribution in [3.05, 3.63) is 29.7 Å². The summed E-state index contributed by atoms with van der Waals surface area (Å²) in [4.78, 5) is 15.4. The average molecular weight is 262 g/mol. The lowest BCUT2D eigenvalue weighted by molar-refractivity contribution is -0.124. The number of hydrogen-bond acceptors (Lipinski definition) is 4. The van der Waals surface area contributed by atoms with E-state index in [-0.39, 0.29) is 11.3 Å². The molecule has 2 rings (SSSR count). The Morgan fingerprint density at radius 3 is 2.89 bits per heavy atom. The van der Waals surface area contributed by atoms with Crippen molar-refractivity contribution in [3.63, 3.8) is 0 Å². The van der Waals surface area contributed by atoms with Crippen molar-refractivity contribution in [2.24, 2.45) is 0 Å². The second-order valence-electron chi connectivity index (χ2n) is 5.23. The van der Waals surface area contributed by atoms with Crippen LogP contribution in [0.15, 0.2) is 22.6 Å². The summed E-state index contributed by atoms with van der Waals surface area (Å²) in [5.74, 6) is 0.268. The number of aromatic nitrogens is 1. The first-order chi connectivity index (χ1) is 8.92. The Kier molecular flexibility index (Phi) is 3.57. The zero-order chi connectivity index (χ0) is 14.0. The topological polar surface area (TPSA) is 75.4 Å². The number of nitrogens with zero attached hydrogens (tertiary/aromatic N) is 1. The van der Waals surface area contributed by atoms with Gasteiger partial charge in [-0.1, -0.05) is 19.9 Å². The summed E-state index contributed by atoms with van der Waals surface area (Å²) in [7, 11) is 0. The highest BCUT2D eigenvalue weighted by Crippen LogP contribution is 2.26. The predicted octanol–water partition coefficient (Wildman–Crippen LogP) is 1.52. The number of oxazole rings is 1. The van der Waals surface area contributed by atoms with E-state index in [4.69, 9.17) is 9.52 Å². The minimum atomic E-state index is -0.488. The van der Waals surface area contributed by atoms with Crippen molar-refractivity contribution in [1.29, 1.82) is 0 Å². The summed E-state index contributed by atoms with van der Waals surface area (Å²) in [6.45, 7) is 5.83. The van der Waals surface area contributed by atoms with Crippen molar-refractivity contribution in [1.82, 2.24) is 10.3 Å². The van der Waals surface area contributed by atoms with E-state index in [0.29, 0.717) is 12.4 Å². The summed E-state index contributed by atoms with van der Waals surface area (Å²) in [6, 6.07) is 5.83. The van der Waals surface area contributed by atoms with Gasteiger partial charge in [0.05, 0.1) is 0 Å². The highest BCUT2D eigenvalue weighted by molar-refractivity contribution is 5.77. The summed E-state index contributed by atoms with van der Waals surface area (Å²) in [5, 5.41) is 11.4. The molecule has 5 heteroatoms. The molecule has 0 radical (unpaired) electrons. The highest BCUT2D eigenvalue weighted by Gasteiger charge is 2.22. The number of carbonyl (C=O) groups is 1. The molecular formula is C14H18N2O3. The normalized spacial score (nSPS) is 11.8. The van der Waals surface area contributed by atoms with Crippen LogP contribution in [-0.4, -0.2) is 29.1 Å². The van der Waals surface area contributed by atoms with Gasteiger partial charge in [0.2, 0.25) is 5.91 Å². The lowest BCUT2D eigenvalue weighted by Crippen LogP contribution is -2.37. The van der Waals surface area contributed by atoms with Crippen LogP contribution < -0.4 is 5.32 Å². The lowest BCUT2D eigenvalue weighted by Gasteiger charge is -2.25. The van der Waals surface area contributed by atoms with Gasteiger partial charge in [-0.2, -0.15) is 0 Å². The number of aryl methyl sites for hydroxylation is 1. The Hall–Kier alpha value is -1.88. The summed E-state index contributed by atoms with van der Waals surface area (Å²) in [5.41, 5.74) is 2.39. The van der Waals surface area contributed by atoms with Gasteiger partial charge >= 0.3 is 0 Å². The second kappa shape index (κ2) is 5.01. The Morgan fingerprint density at radius 2 is 2.21 bits per heavy atom. The molecule has 0 saturated heterocycles. The number of rotatable bonds is 4. The number of nitrogens with one attached hydrogen (secondary N) is 1. The van der Waals surface area contributed by atoms with Crippen LogP contribution in [0.25, 0.3) is 11.1 Å². The minimum absolute atomic E-state index is 0.244. The molecule has 19 heavy (non-hydrogen) atoms. The number of carbonyl (C=O) groups excluding carboxylic acids is 1. The standard InChI is InChI=1S/C14H18N2O3/c1-9-16-11-6-10(4-5-12(11)19-9)14(2,3)8-15-13(18)7-17/h4-6,17H,7-8H2,1-3H3,(H,15,18). The maximum atomic E-state index is 11.1. The Labute approximate surface area is 111 Å². The van der Waals surface area contributed by atoms with Crippen molar-refractivity contribution in [2.45, 2.75) is 26.2 Å². The SMILES string of the molecule is Cc1nc2cc(C(C)(C)CNC(=O)CO)ccc2o1. The fourth-order valence-electron chi connectivity index (χ4n) is 1.94. The van der Waals surface area contributed by atoms with Gasteiger partial charge in [0.25, 0.3) is 0 Å². The lowest BCUT2D eigenvalue weighted by atomic mass is 9.84. The van der Waals surface area contributed by atoms with E-state index < -0.39 is 6.61 Å². The number of amides is 1. The Balaban J connectivity index is 2.23. The monoisotopic (exact) mass is 262 g/mol. The quantitative estimate of drug-likeness (QED) is 0.876. The van der Waals surface area contributed by atoms with Crippen molar-refractivity contribution < 1.29 is 14.3 Å². The van der Waals surface area contributed by atoms with Crippen LogP contribution in [0.4, 0.5) is 0 Å². The Bertz CT molecular complexity index is 602. The van der Waals surface area contributed by atoms with E-state index in [1.807, 2.05) is 39.0 Å². The number of aliphatic hydroxyl groups excluding tert-OH is 1. The molecule has 0 fully saturated rings. The molecule has 0 spiro atoms. The molecule has 0 aliphatic carbocycles. The van der Waals surface area contributed by atoms with Gasteiger partial charge in [-0.05, 0) is 17.7 Å². The average Bonchev–Trinajstić information content (AvgIpc) is 2.74. The van der Waals surface area contributed by atoms with Gasteiger partial charge in [-0.15, -0.1) is 0 Å². The highest BCUT2D eigenvalue weighted by atomic mass is 16.3. The molecular weight excluding hydrogens is 244 g/mol. The molecule has 2 N–H and O–H groups in total. The second-order valence-corrected chi connectivity index (χ2v) is 5.23. The van der Waals surface area contributed by atoms with Crippen LogP contribution in [0.2, 0.25) is 0 Å². The molecule has 0 atom stereocenters. The number of aliphatic hydroxyl groups is 1. The molecule has 0 aliphatic heterocycles. The minimum Gasteiger partial charge on any atom is -0.441 e. The molecule has 0 unspecified atom stereocenters. The fraction of sp³-hybridized carbons (Fsp3) is 0.429. The molecule has 1 amide bonds. The molecule has 0 saturated carbocycles. The van der Waals surface area contributed by atoms with Gasteiger partial charge < -0.3 is 14.8 Å². The van der Waals surface area contributed by atoms with E-state index in [2.05, 4.69) is 10.3 Å². The number of hydrogen-bond donors (Lipinski definition) is 2. The largest absolute Gasteiger partial charge is 0.441 e. The van der Waals surface area contributed by atoms with Crippen LogP contribution in [0.5, 0.6) is 0 Å². The third kappa shape index (κ3) is 2.93. The molecule has 0 bridgehead atoms.